The van der Waals surface area contributed by atoms with E-state index in [0.29, 0.717) is 35.3 Å². The molecule has 1 aromatic carbocycles. The number of nitrogens with two attached hydrogens (primary N) is 1. The lowest BCUT2D eigenvalue weighted by molar-refractivity contribution is -0.119. The topological polar surface area (TPSA) is 102 Å². The quantitative estimate of drug-likeness (QED) is 0.821. The summed E-state index contributed by atoms with van der Waals surface area (Å²) in [6, 6.07) is 8.72. The van der Waals surface area contributed by atoms with Crippen molar-refractivity contribution in [2.45, 2.75) is 32.6 Å². The van der Waals surface area contributed by atoms with Crippen LogP contribution in [-0.4, -0.2) is 18.9 Å². The van der Waals surface area contributed by atoms with Crippen molar-refractivity contribution in [2.24, 2.45) is 11.1 Å². The van der Waals surface area contributed by atoms with Crippen molar-refractivity contribution < 1.29 is 19.1 Å². The molecule has 1 atom stereocenters. The third-order valence-corrected chi connectivity index (χ3v) is 4.74. The fourth-order valence-electron chi connectivity index (χ4n) is 3.55. The van der Waals surface area contributed by atoms with Gasteiger partial charge in [-0.15, -0.1) is 0 Å². The van der Waals surface area contributed by atoms with Crippen LogP contribution in [0.3, 0.4) is 0 Å². The number of hydrogen-bond donors (Lipinski definition) is 1. The van der Waals surface area contributed by atoms with Crippen LogP contribution in [0.1, 0.15) is 48.5 Å². The molecule has 6 heteroatoms. The van der Waals surface area contributed by atoms with E-state index in [4.69, 9.17) is 15.2 Å². The fraction of sp³-hybridized carbons (Fsp3) is 0.350. The van der Waals surface area contributed by atoms with E-state index in [1.54, 1.807) is 24.3 Å². The van der Waals surface area contributed by atoms with E-state index in [0.717, 1.165) is 0 Å². The molecule has 1 heterocycles. The van der Waals surface area contributed by atoms with Crippen LogP contribution in [0.25, 0.3) is 0 Å². The van der Waals surface area contributed by atoms with E-state index in [9.17, 15) is 14.9 Å². The van der Waals surface area contributed by atoms with Crippen LogP contribution in [-0.2, 0) is 14.3 Å². The smallest absolute Gasteiger partial charge is 0.337 e. The predicted molar refractivity (Wildman–Crippen MR) is 93.5 cm³/mol. The summed E-state index contributed by atoms with van der Waals surface area (Å²) in [4.78, 5) is 24.5. The number of Topliss-reactive ketones (excluding diaryl/α,β-unsaturated/α-hetero) is 1. The van der Waals surface area contributed by atoms with Crippen LogP contribution in [0.15, 0.2) is 47.1 Å². The van der Waals surface area contributed by atoms with Gasteiger partial charge in [0, 0.05) is 18.4 Å². The summed E-state index contributed by atoms with van der Waals surface area (Å²) in [6.45, 7) is 4.00. The summed E-state index contributed by atoms with van der Waals surface area (Å²) in [5, 5.41) is 9.58. The monoisotopic (exact) mass is 352 g/mol. The first-order valence-electron chi connectivity index (χ1n) is 8.29. The Morgan fingerprint density at radius 3 is 2.54 bits per heavy atom. The van der Waals surface area contributed by atoms with E-state index in [2.05, 4.69) is 6.07 Å². The van der Waals surface area contributed by atoms with Crippen molar-refractivity contribution in [3.05, 3.63) is 58.2 Å². The molecule has 0 fully saturated rings. The molecule has 1 aliphatic carbocycles. The van der Waals surface area contributed by atoms with E-state index in [-0.39, 0.29) is 22.7 Å². The van der Waals surface area contributed by atoms with Gasteiger partial charge in [-0.2, -0.15) is 5.26 Å². The molecule has 0 aromatic heterocycles. The van der Waals surface area contributed by atoms with Gasteiger partial charge in [-0.1, -0.05) is 26.0 Å². The Balaban J connectivity index is 2.11. The number of methoxy groups -OCH3 is 1. The second kappa shape index (κ2) is 6.34. The van der Waals surface area contributed by atoms with Crippen molar-refractivity contribution in [3.8, 4) is 6.07 Å². The van der Waals surface area contributed by atoms with Gasteiger partial charge < -0.3 is 15.2 Å². The van der Waals surface area contributed by atoms with E-state index < -0.39 is 11.9 Å². The third-order valence-electron chi connectivity index (χ3n) is 4.74. The minimum Gasteiger partial charge on any atom is -0.465 e. The number of hydrogen-bond acceptors (Lipinski definition) is 6. The number of rotatable bonds is 2. The van der Waals surface area contributed by atoms with Crippen molar-refractivity contribution in [2.75, 3.05) is 7.11 Å². The molecule has 0 bridgehead atoms. The minimum atomic E-state index is -0.584. The van der Waals surface area contributed by atoms with Gasteiger partial charge in [0.05, 0.1) is 18.6 Å². The Labute approximate surface area is 151 Å². The summed E-state index contributed by atoms with van der Waals surface area (Å²) in [5.41, 5.74) is 7.55. The number of carbonyl (C=O) groups excluding carboxylic acids is 2. The molecule has 1 aromatic rings. The maximum atomic E-state index is 12.8. The predicted octanol–water partition coefficient (Wildman–Crippen LogP) is 2.92. The lowest BCUT2D eigenvalue weighted by Gasteiger charge is -2.37. The number of benzene rings is 1. The Morgan fingerprint density at radius 2 is 1.96 bits per heavy atom. The Bertz CT molecular complexity index is 885. The van der Waals surface area contributed by atoms with Gasteiger partial charge in [-0.05, 0) is 23.1 Å². The normalized spacial score (nSPS) is 21.6. The molecule has 1 aliphatic heterocycles. The number of allylic oxidation sites excluding steroid dienone is 3. The number of nitrogens with zero attached hydrogens (tertiary/aromatic N) is 1. The van der Waals surface area contributed by atoms with Crippen molar-refractivity contribution in [3.63, 3.8) is 0 Å². The number of ketones is 1. The van der Waals surface area contributed by atoms with Crippen LogP contribution >= 0.6 is 0 Å². The summed E-state index contributed by atoms with van der Waals surface area (Å²) >= 11 is 0. The summed E-state index contributed by atoms with van der Waals surface area (Å²) in [6.07, 6.45) is 0.953. The van der Waals surface area contributed by atoms with Gasteiger partial charge in [0.1, 0.15) is 17.4 Å². The second-order valence-electron chi connectivity index (χ2n) is 7.32. The molecule has 0 saturated heterocycles. The highest BCUT2D eigenvalue weighted by Crippen LogP contribution is 2.47. The van der Waals surface area contributed by atoms with Crippen LogP contribution in [0.5, 0.6) is 0 Å². The molecule has 6 nitrogen and oxygen atoms in total. The van der Waals surface area contributed by atoms with Crippen molar-refractivity contribution in [1.29, 1.82) is 5.26 Å². The van der Waals surface area contributed by atoms with Gasteiger partial charge >= 0.3 is 5.97 Å². The zero-order valence-corrected chi connectivity index (χ0v) is 15.0. The van der Waals surface area contributed by atoms with Crippen molar-refractivity contribution >= 4 is 11.8 Å². The molecule has 0 unspecified atom stereocenters. The first-order chi connectivity index (χ1) is 12.3. The first kappa shape index (κ1) is 17.7. The molecule has 0 amide bonds. The molecule has 0 saturated carbocycles. The van der Waals surface area contributed by atoms with Crippen molar-refractivity contribution in [1.82, 2.24) is 0 Å². The average molecular weight is 352 g/mol. The molecular weight excluding hydrogens is 332 g/mol. The highest BCUT2D eigenvalue weighted by Gasteiger charge is 2.42. The van der Waals surface area contributed by atoms with Crippen LogP contribution in [0.4, 0.5) is 0 Å². The number of carbonyl (C=O) groups is 2. The van der Waals surface area contributed by atoms with Gasteiger partial charge in [0.25, 0.3) is 0 Å². The Hall–Kier alpha value is -3.07. The molecule has 2 aliphatic rings. The Kier molecular flexibility index (Phi) is 4.33. The largest absolute Gasteiger partial charge is 0.465 e. The molecule has 0 radical (unpaired) electrons. The maximum Gasteiger partial charge on any atom is 0.337 e. The maximum absolute atomic E-state index is 12.8. The molecular formula is C20H20N2O4. The number of ether oxygens (including phenoxy) is 2. The highest BCUT2D eigenvalue weighted by atomic mass is 16.5. The fourth-order valence-corrected chi connectivity index (χ4v) is 3.55. The summed E-state index contributed by atoms with van der Waals surface area (Å²) in [7, 11) is 1.31. The SMILES string of the molecule is COC(=O)c1ccc([C@@H]2C(C#N)=C(N)OC3=C2C(=O)CC(C)(C)C3)cc1. The molecule has 26 heavy (non-hydrogen) atoms. The summed E-state index contributed by atoms with van der Waals surface area (Å²) < 4.78 is 10.4. The van der Waals surface area contributed by atoms with E-state index >= 15 is 0 Å². The zero-order chi connectivity index (χ0) is 19.1. The number of esters is 1. The van der Waals surface area contributed by atoms with Gasteiger partial charge in [-0.3, -0.25) is 4.79 Å². The third kappa shape index (κ3) is 2.97. The highest BCUT2D eigenvalue weighted by molar-refractivity contribution is 6.00. The van der Waals surface area contributed by atoms with E-state index in [1.165, 1.54) is 7.11 Å². The van der Waals surface area contributed by atoms with Crippen LogP contribution in [0.2, 0.25) is 0 Å². The lowest BCUT2D eigenvalue weighted by atomic mass is 9.70. The van der Waals surface area contributed by atoms with Gasteiger partial charge in [0.2, 0.25) is 5.88 Å². The number of nitriles is 1. The second-order valence-corrected chi connectivity index (χ2v) is 7.32. The first-order valence-corrected chi connectivity index (χ1v) is 8.29. The molecule has 134 valence electrons. The van der Waals surface area contributed by atoms with Crippen LogP contribution in [0, 0.1) is 16.7 Å². The van der Waals surface area contributed by atoms with Crippen LogP contribution < -0.4 is 5.73 Å². The molecule has 2 N–H and O–H groups in total. The zero-order valence-electron chi connectivity index (χ0n) is 15.0. The standard InChI is InChI=1S/C20H20N2O4/c1-20(2)8-14(23)17-15(9-20)26-18(22)13(10-21)16(17)11-4-6-12(7-5-11)19(24)25-3/h4-7,16H,8-9,22H2,1-3H3/t16-/m1/s1. The molecule has 0 spiro atoms. The Morgan fingerprint density at radius 1 is 1.31 bits per heavy atom. The minimum absolute atomic E-state index is 0.0267. The lowest BCUT2D eigenvalue weighted by Crippen LogP contribution is -2.33. The van der Waals surface area contributed by atoms with E-state index in [1.807, 2.05) is 13.8 Å². The average Bonchev–Trinajstić information content (AvgIpc) is 2.59. The molecule has 3 rings (SSSR count). The summed E-state index contributed by atoms with van der Waals surface area (Å²) in [5.74, 6) is -0.518. The van der Waals surface area contributed by atoms with Gasteiger partial charge in [-0.25, -0.2) is 4.79 Å². The van der Waals surface area contributed by atoms with Gasteiger partial charge in [0.15, 0.2) is 5.78 Å².